The van der Waals surface area contributed by atoms with Crippen molar-refractivity contribution >= 4 is 0 Å². The van der Waals surface area contributed by atoms with Gasteiger partial charge in [-0.3, -0.25) is 4.57 Å². The summed E-state index contributed by atoms with van der Waals surface area (Å²) in [7, 11) is 0. The average molecular weight is 740 g/mol. The molecule has 8 aromatic rings. The second-order valence-electron chi connectivity index (χ2n) is 16.4. The van der Waals surface area contributed by atoms with E-state index in [1.165, 1.54) is 55.6 Å². The third kappa shape index (κ3) is 6.23. The number of fused-ring (bicyclic) bond motifs is 3. The predicted octanol–water partition coefficient (Wildman–Crippen LogP) is 13.7. The topological polar surface area (TPSA) is 30.7 Å². The number of hydrogen-bond acceptors (Lipinski definition) is 2. The Kier molecular flexibility index (Phi) is 9.33. The molecule has 1 aliphatic carbocycles. The van der Waals surface area contributed by atoms with Gasteiger partial charge in [0.15, 0.2) is 5.82 Å². The number of aromatic nitrogens is 3. The van der Waals surface area contributed by atoms with Gasteiger partial charge in [-0.2, -0.15) is 0 Å². The van der Waals surface area contributed by atoms with Gasteiger partial charge in [-0.05, 0) is 88.5 Å². The molecule has 0 spiro atoms. The number of rotatable bonds is 10. The van der Waals surface area contributed by atoms with Crippen molar-refractivity contribution in [2.75, 3.05) is 0 Å². The highest BCUT2D eigenvalue weighted by molar-refractivity contribution is 5.87. The summed E-state index contributed by atoms with van der Waals surface area (Å²) in [4.78, 5) is 0. The molecule has 280 valence electrons. The van der Waals surface area contributed by atoms with E-state index >= 15 is 0 Å². The minimum atomic E-state index is -0.527. The van der Waals surface area contributed by atoms with E-state index in [9.17, 15) is 0 Å². The van der Waals surface area contributed by atoms with E-state index < -0.39 is 5.41 Å². The lowest BCUT2D eigenvalue weighted by Gasteiger charge is -2.34. The van der Waals surface area contributed by atoms with Crippen LogP contribution in [0.4, 0.5) is 0 Å². The van der Waals surface area contributed by atoms with Crippen LogP contribution in [0.5, 0.6) is 0 Å². The zero-order chi connectivity index (χ0) is 39.1. The molecule has 0 saturated carbocycles. The van der Waals surface area contributed by atoms with Gasteiger partial charge in [-0.1, -0.05) is 196 Å². The maximum Gasteiger partial charge on any atom is 0.168 e. The minimum absolute atomic E-state index is 0.228. The van der Waals surface area contributed by atoms with Gasteiger partial charge >= 0.3 is 0 Å². The van der Waals surface area contributed by atoms with Crippen LogP contribution in [0.15, 0.2) is 170 Å². The molecular formula is C54H49N3. The Bertz CT molecular complexity index is 2650. The summed E-state index contributed by atoms with van der Waals surface area (Å²) in [5.74, 6) is 1.82. The van der Waals surface area contributed by atoms with E-state index in [0.717, 1.165) is 53.3 Å². The molecule has 1 heterocycles. The molecule has 9 rings (SSSR count). The second-order valence-corrected chi connectivity index (χ2v) is 16.4. The zero-order valence-corrected chi connectivity index (χ0v) is 33.6. The molecule has 0 aliphatic heterocycles. The van der Waals surface area contributed by atoms with E-state index in [1.54, 1.807) is 0 Å². The summed E-state index contributed by atoms with van der Waals surface area (Å²) in [6.07, 6.45) is 3.24. The molecule has 0 fully saturated rings. The molecule has 0 saturated heterocycles. The van der Waals surface area contributed by atoms with Crippen LogP contribution >= 0.6 is 0 Å². The monoisotopic (exact) mass is 739 g/mol. The molecular weight excluding hydrogens is 691 g/mol. The number of unbranched alkanes of at least 4 members (excludes halogenated alkanes) is 1. The third-order valence-corrected chi connectivity index (χ3v) is 12.0. The maximum atomic E-state index is 5.15. The Hall–Kier alpha value is -6.32. The summed E-state index contributed by atoms with van der Waals surface area (Å²) < 4.78 is 2.37. The minimum Gasteiger partial charge on any atom is -0.278 e. The highest BCUT2D eigenvalue weighted by Gasteiger charge is 2.46. The van der Waals surface area contributed by atoms with Crippen LogP contribution in [0.25, 0.3) is 50.5 Å². The molecule has 0 radical (unpaired) electrons. The summed E-state index contributed by atoms with van der Waals surface area (Å²) in [5.41, 5.74) is 16.2. The fraction of sp³-hybridized carbons (Fsp3) is 0.185. The molecule has 0 amide bonds. The van der Waals surface area contributed by atoms with Gasteiger partial charge in [0.05, 0.1) is 11.1 Å². The van der Waals surface area contributed by atoms with Crippen molar-refractivity contribution in [1.29, 1.82) is 0 Å². The van der Waals surface area contributed by atoms with Crippen molar-refractivity contribution in [1.82, 2.24) is 14.8 Å². The molecule has 3 nitrogen and oxygen atoms in total. The summed E-state index contributed by atoms with van der Waals surface area (Å²) in [6, 6.07) is 62.4. The van der Waals surface area contributed by atoms with E-state index in [0.29, 0.717) is 0 Å². The summed E-state index contributed by atoms with van der Waals surface area (Å²) >= 11 is 0. The molecule has 0 N–H and O–H groups in total. The average Bonchev–Trinajstić information content (AvgIpc) is 3.83. The maximum absolute atomic E-state index is 5.15. The van der Waals surface area contributed by atoms with Gasteiger partial charge in [-0.15, -0.1) is 10.2 Å². The highest BCUT2D eigenvalue weighted by atomic mass is 15.3. The molecule has 0 unspecified atom stereocenters. The van der Waals surface area contributed by atoms with E-state index in [4.69, 9.17) is 10.2 Å². The van der Waals surface area contributed by atoms with Crippen LogP contribution in [0.2, 0.25) is 0 Å². The van der Waals surface area contributed by atoms with Crippen molar-refractivity contribution < 1.29 is 0 Å². The third-order valence-electron chi connectivity index (χ3n) is 12.0. The SMILES string of the molecule is CCCCC(C)(C)c1nnc(-c2cccc(C3(c4cc(C)cc(C)c4)c4ccccc4-c4ccccc43)c2)n1-c1ccc(-c2ccccc2)cc1-c1ccccc1. The van der Waals surface area contributed by atoms with Crippen LogP contribution in [0.3, 0.4) is 0 Å². The van der Waals surface area contributed by atoms with Crippen LogP contribution in [-0.2, 0) is 10.8 Å². The first kappa shape index (κ1) is 36.3. The first-order valence-corrected chi connectivity index (χ1v) is 20.4. The van der Waals surface area contributed by atoms with Gasteiger partial charge < -0.3 is 0 Å². The summed E-state index contributed by atoms with van der Waals surface area (Å²) in [6.45, 7) is 11.3. The van der Waals surface area contributed by atoms with Crippen molar-refractivity contribution in [3.63, 3.8) is 0 Å². The molecule has 1 aliphatic rings. The van der Waals surface area contributed by atoms with Gasteiger partial charge in [0.25, 0.3) is 0 Å². The Morgan fingerprint density at radius 1 is 0.509 bits per heavy atom. The lowest BCUT2D eigenvalue weighted by atomic mass is 9.67. The molecule has 1 aromatic heterocycles. The second kappa shape index (κ2) is 14.6. The Labute approximate surface area is 337 Å². The smallest absolute Gasteiger partial charge is 0.168 e. The normalized spacial score (nSPS) is 13.0. The van der Waals surface area contributed by atoms with Crippen LogP contribution in [0, 0.1) is 13.8 Å². The van der Waals surface area contributed by atoms with E-state index in [2.05, 4.69) is 209 Å². The Morgan fingerprint density at radius 2 is 1.11 bits per heavy atom. The number of benzene rings is 7. The Morgan fingerprint density at radius 3 is 1.75 bits per heavy atom. The highest BCUT2D eigenvalue weighted by Crippen LogP contribution is 2.56. The largest absolute Gasteiger partial charge is 0.278 e. The number of hydrogen-bond donors (Lipinski definition) is 0. The van der Waals surface area contributed by atoms with Gasteiger partial charge in [0.2, 0.25) is 0 Å². The molecule has 0 bridgehead atoms. The quantitative estimate of drug-likeness (QED) is 0.140. The molecule has 3 heteroatoms. The van der Waals surface area contributed by atoms with Crippen molar-refractivity contribution in [2.45, 2.75) is 64.7 Å². The predicted molar refractivity (Wildman–Crippen MR) is 237 cm³/mol. The van der Waals surface area contributed by atoms with Crippen LogP contribution in [-0.4, -0.2) is 14.8 Å². The fourth-order valence-electron chi connectivity index (χ4n) is 9.36. The Balaban J connectivity index is 1.32. The van der Waals surface area contributed by atoms with Crippen molar-refractivity contribution in [3.05, 3.63) is 209 Å². The standard InChI is InChI=1S/C54H49N3/c1-6-7-31-53(4,5)52-56-55-51(57(52)50-30-29-41(39-19-10-8-11-20-39)36-47(50)40-21-12-9-13-22-40)42-23-18-24-43(35-42)54(44-33-37(2)32-38(3)34-44)48-27-16-14-25-45(48)46-26-15-17-28-49(46)54/h8-30,32-36H,6-7,31H2,1-5H3. The zero-order valence-electron chi connectivity index (χ0n) is 33.6. The molecule has 0 atom stereocenters. The van der Waals surface area contributed by atoms with Gasteiger partial charge in [-0.25, -0.2) is 0 Å². The van der Waals surface area contributed by atoms with Crippen molar-refractivity contribution in [3.8, 4) is 50.5 Å². The fourth-order valence-corrected chi connectivity index (χ4v) is 9.36. The summed E-state index contributed by atoms with van der Waals surface area (Å²) in [5, 5.41) is 10.3. The molecule has 57 heavy (non-hydrogen) atoms. The number of aryl methyl sites for hydroxylation is 2. The van der Waals surface area contributed by atoms with Crippen molar-refractivity contribution in [2.24, 2.45) is 0 Å². The lowest BCUT2D eigenvalue weighted by molar-refractivity contribution is 0.425. The van der Waals surface area contributed by atoms with E-state index in [1.807, 2.05) is 0 Å². The van der Waals surface area contributed by atoms with E-state index in [-0.39, 0.29) is 5.41 Å². The van der Waals surface area contributed by atoms with Crippen LogP contribution in [0.1, 0.15) is 79.2 Å². The first-order chi connectivity index (χ1) is 27.8. The van der Waals surface area contributed by atoms with Gasteiger partial charge in [0.1, 0.15) is 5.82 Å². The van der Waals surface area contributed by atoms with Gasteiger partial charge in [0, 0.05) is 16.5 Å². The molecule has 7 aromatic carbocycles. The first-order valence-electron chi connectivity index (χ1n) is 20.4. The lowest BCUT2D eigenvalue weighted by Crippen LogP contribution is -2.29. The van der Waals surface area contributed by atoms with Crippen LogP contribution < -0.4 is 0 Å². The number of nitrogens with zero attached hydrogens (tertiary/aromatic N) is 3.